The molecule has 1 N–H and O–H groups in total. The highest BCUT2D eigenvalue weighted by molar-refractivity contribution is 5.00. The summed E-state index contributed by atoms with van der Waals surface area (Å²) in [6.07, 6.45) is 9.94. The molecule has 0 aromatic carbocycles. The summed E-state index contributed by atoms with van der Waals surface area (Å²) >= 11 is 0. The van der Waals surface area contributed by atoms with Gasteiger partial charge >= 0.3 is 0 Å². The number of hydrogen-bond acceptors (Lipinski definition) is 2. The van der Waals surface area contributed by atoms with E-state index in [1.54, 1.807) is 0 Å². The summed E-state index contributed by atoms with van der Waals surface area (Å²) in [4.78, 5) is 4.36. The van der Waals surface area contributed by atoms with Crippen LogP contribution < -0.4 is 5.32 Å². The third-order valence-electron chi connectivity index (χ3n) is 4.52. The van der Waals surface area contributed by atoms with Gasteiger partial charge in [-0.1, -0.05) is 13.8 Å². The standard InChI is InChI=1S/C16H27N3/c1-12(2)7-17-8-15-9-18-11-19(15)10-16(13-3-4-13)14-5-6-14/h9,11-14,16-17H,3-8,10H2,1-2H3. The fourth-order valence-electron chi connectivity index (χ4n) is 3.11. The van der Waals surface area contributed by atoms with Crippen molar-refractivity contribution in [2.24, 2.45) is 23.7 Å². The number of nitrogens with zero attached hydrogens (tertiary/aromatic N) is 2. The normalized spacial score (nSPS) is 19.6. The first kappa shape index (κ1) is 13.2. The monoisotopic (exact) mass is 261 g/mol. The second-order valence-electron chi connectivity index (χ2n) is 6.90. The van der Waals surface area contributed by atoms with Crippen molar-refractivity contribution in [1.82, 2.24) is 14.9 Å². The van der Waals surface area contributed by atoms with Gasteiger partial charge in [-0.25, -0.2) is 4.98 Å². The summed E-state index contributed by atoms with van der Waals surface area (Å²) < 4.78 is 2.40. The summed E-state index contributed by atoms with van der Waals surface area (Å²) in [5, 5.41) is 3.53. The van der Waals surface area contributed by atoms with Crippen LogP contribution in [0.4, 0.5) is 0 Å². The Balaban J connectivity index is 1.56. The Labute approximate surface area is 116 Å². The van der Waals surface area contributed by atoms with Crippen molar-refractivity contribution in [1.29, 1.82) is 0 Å². The fourth-order valence-corrected chi connectivity index (χ4v) is 3.11. The molecule has 2 fully saturated rings. The maximum absolute atomic E-state index is 4.36. The summed E-state index contributed by atoms with van der Waals surface area (Å²) in [7, 11) is 0. The van der Waals surface area contributed by atoms with Crippen molar-refractivity contribution in [3.8, 4) is 0 Å². The molecule has 106 valence electrons. The van der Waals surface area contributed by atoms with E-state index in [0.29, 0.717) is 5.92 Å². The van der Waals surface area contributed by atoms with Crippen LogP contribution in [0.2, 0.25) is 0 Å². The second-order valence-corrected chi connectivity index (χ2v) is 6.90. The molecule has 0 spiro atoms. The van der Waals surface area contributed by atoms with Crippen LogP contribution in [0.5, 0.6) is 0 Å². The van der Waals surface area contributed by atoms with Crippen molar-refractivity contribution < 1.29 is 0 Å². The zero-order valence-electron chi connectivity index (χ0n) is 12.3. The average Bonchev–Trinajstić information content (AvgIpc) is 3.27. The van der Waals surface area contributed by atoms with Crippen molar-refractivity contribution >= 4 is 0 Å². The lowest BCUT2D eigenvalue weighted by Crippen LogP contribution is -2.22. The van der Waals surface area contributed by atoms with Gasteiger partial charge in [0.2, 0.25) is 0 Å². The van der Waals surface area contributed by atoms with Crippen molar-refractivity contribution in [3.05, 3.63) is 18.2 Å². The predicted molar refractivity (Wildman–Crippen MR) is 77.7 cm³/mol. The van der Waals surface area contributed by atoms with Crippen molar-refractivity contribution in [2.75, 3.05) is 6.54 Å². The fraction of sp³-hybridized carbons (Fsp3) is 0.812. The Morgan fingerprint density at radius 3 is 2.53 bits per heavy atom. The second kappa shape index (κ2) is 5.66. The molecule has 0 aliphatic heterocycles. The van der Waals surface area contributed by atoms with Crippen LogP contribution in [-0.2, 0) is 13.1 Å². The van der Waals surface area contributed by atoms with Gasteiger partial charge in [-0.15, -0.1) is 0 Å². The Morgan fingerprint density at radius 2 is 1.95 bits per heavy atom. The highest BCUT2D eigenvalue weighted by atomic mass is 15.1. The first-order valence-electron chi connectivity index (χ1n) is 7.93. The molecular formula is C16H27N3. The maximum Gasteiger partial charge on any atom is 0.0948 e. The lowest BCUT2D eigenvalue weighted by atomic mass is 9.98. The van der Waals surface area contributed by atoms with Crippen LogP contribution in [0.3, 0.4) is 0 Å². The molecule has 3 nitrogen and oxygen atoms in total. The molecule has 3 rings (SSSR count). The molecule has 19 heavy (non-hydrogen) atoms. The van der Waals surface area contributed by atoms with Crippen LogP contribution in [0, 0.1) is 23.7 Å². The van der Waals surface area contributed by atoms with Gasteiger partial charge in [-0.05, 0) is 55.9 Å². The van der Waals surface area contributed by atoms with Gasteiger partial charge in [0.05, 0.1) is 12.0 Å². The van der Waals surface area contributed by atoms with Gasteiger partial charge in [-0.2, -0.15) is 0 Å². The topological polar surface area (TPSA) is 29.9 Å². The molecule has 1 heterocycles. The molecular weight excluding hydrogens is 234 g/mol. The molecule has 1 aromatic heterocycles. The number of hydrogen-bond donors (Lipinski definition) is 1. The van der Waals surface area contributed by atoms with E-state index in [1.165, 1.54) is 37.9 Å². The molecule has 0 radical (unpaired) electrons. The molecule has 3 heteroatoms. The molecule has 0 atom stereocenters. The summed E-state index contributed by atoms with van der Waals surface area (Å²) in [5.74, 6) is 3.68. The first-order chi connectivity index (χ1) is 9.24. The lowest BCUT2D eigenvalue weighted by molar-refractivity contribution is 0.343. The highest BCUT2D eigenvalue weighted by Crippen LogP contribution is 2.49. The Morgan fingerprint density at radius 1 is 1.26 bits per heavy atom. The summed E-state index contributed by atoms with van der Waals surface area (Å²) in [5.41, 5.74) is 1.35. The third kappa shape index (κ3) is 3.59. The molecule has 2 aliphatic carbocycles. The molecule has 0 unspecified atom stereocenters. The van der Waals surface area contributed by atoms with Gasteiger partial charge in [0.25, 0.3) is 0 Å². The lowest BCUT2D eigenvalue weighted by Gasteiger charge is -2.18. The average molecular weight is 261 g/mol. The molecule has 0 saturated heterocycles. The van der Waals surface area contributed by atoms with Crippen LogP contribution in [0.1, 0.15) is 45.2 Å². The van der Waals surface area contributed by atoms with Crippen molar-refractivity contribution in [2.45, 2.75) is 52.6 Å². The number of rotatable bonds is 8. The maximum atomic E-state index is 4.36. The van der Waals surface area contributed by atoms with E-state index in [4.69, 9.17) is 0 Å². The van der Waals surface area contributed by atoms with Crippen LogP contribution in [-0.4, -0.2) is 16.1 Å². The minimum Gasteiger partial charge on any atom is -0.333 e. The highest BCUT2D eigenvalue weighted by Gasteiger charge is 2.41. The number of imidazole rings is 1. The van der Waals surface area contributed by atoms with Gasteiger partial charge in [0, 0.05) is 19.3 Å². The van der Waals surface area contributed by atoms with E-state index in [1.807, 2.05) is 12.5 Å². The Hall–Kier alpha value is -0.830. The zero-order chi connectivity index (χ0) is 13.2. The summed E-state index contributed by atoms with van der Waals surface area (Å²) in [6.45, 7) is 7.75. The summed E-state index contributed by atoms with van der Waals surface area (Å²) in [6, 6.07) is 0. The predicted octanol–water partition coefficient (Wildman–Crippen LogP) is 3.06. The Kier molecular flexibility index (Phi) is 3.92. The van der Waals surface area contributed by atoms with Gasteiger partial charge in [0.1, 0.15) is 0 Å². The van der Waals surface area contributed by atoms with Crippen LogP contribution >= 0.6 is 0 Å². The van der Waals surface area contributed by atoms with Gasteiger partial charge in [-0.3, -0.25) is 0 Å². The number of aromatic nitrogens is 2. The zero-order valence-corrected chi connectivity index (χ0v) is 12.3. The SMILES string of the molecule is CC(C)CNCc1cncn1CC(C1CC1)C1CC1. The van der Waals surface area contributed by atoms with E-state index < -0.39 is 0 Å². The minimum absolute atomic E-state index is 0.710. The van der Waals surface area contributed by atoms with Gasteiger partial charge < -0.3 is 9.88 Å². The van der Waals surface area contributed by atoms with E-state index in [9.17, 15) is 0 Å². The van der Waals surface area contributed by atoms with E-state index in [0.717, 1.165) is 30.8 Å². The number of nitrogens with one attached hydrogen (secondary N) is 1. The smallest absolute Gasteiger partial charge is 0.0948 e. The largest absolute Gasteiger partial charge is 0.333 e. The molecule has 2 saturated carbocycles. The molecule has 0 amide bonds. The third-order valence-corrected chi connectivity index (χ3v) is 4.52. The minimum atomic E-state index is 0.710. The van der Waals surface area contributed by atoms with Crippen LogP contribution in [0.25, 0.3) is 0 Å². The van der Waals surface area contributed by atoms with E-state index in [2.05, 4.69) is 28.7 Å². The molecule has 1 aromatic rings. The van der Waals surface area contributed by atoms with E-state index in [-0.39, 0.29) is 0 Å². The molecule has 0 bridgehead atoms. The molecule has 2 aliphatic rings. The Bertz CT molecular complexity index is 390. The van der Waals surface area contributed by atoms with Crippen LogP contribution in [0.15, 0.2) is 12.5 Å². The van der Waals surface area contributed by atoms with Crippen molar-refractivity contribution in [3.63, 3.8) is 0 Å². The van der Waals surface area contributed by atoms with Gasteiger partial charge in [0.15, 0.2) is 0 Å². The quantitative estimate of drug-likeness (QED) is 0.779. The van der Waals surface area contributed by atoms with E-state index >= 15 is 0 Å². The first-order valence-corrected chi connectivity index (χ1v) is 7.93.